The zero-order chi connectivity index (χ0) is 11.3. The predicted octanol–water partition coefficient (Wildman–Crippen LogP) is 3.29. The van der Waals surface area contributed by atoms with E-state index in [2.05, 4.69) is 5.32 Å². The molecule has 0 atom stereocenters. The van der Waals surface area contributed by atoms with E-state index in [1.807, 2.05) is 0 Å². The minimum Gasteiger partial charge on any atom is -0.360 e. The van der Waals surface area contributed by atoms with Gasteiger partial charge in [0, 0.05) is 23.0 Å². The minimum absolute atomic E-state index is 0.229. The molecule has 78 valence electrons. The van der Waals surface area contributed by atoms with Gasteiger partial charge >= 0.3 is 0 Å². The van der Waals surface area contributed by atoms with Crippen molar-refractivity contribution in [3.63, 3.8) is 0 Å². The normalized spacial score (nSPS) is 10.9. The van der Waals surface area contributed by atoms with Crippen molar-refractivity contribution in [1.82, 2.24) is 0 Å². The van der Waals surface area contributed by atoms with E-state index in [0.29, 0.717) is 22.6 Å². The fourth-order valence-corrected chi connectivity index (χ4v) is 1.17. The lowest BCUT2D eigenvalue weighted by Gasteiger charge is -2.04. The Bertz CT molecular complexity index is 416. The van der Waals surface area contributed by atoms with Gasteiger partial charge in [0.15, 0.2) is 6.29 Å². The highest BCUT2D eigenvalue weighted by atomic mass is 35.5. The number of halogens is 2. The van der Waals surface area contributed by atoms with Crippen LogP contribution in [0.1, 0.15) is 10.4 Å². The molecule has 0 fully saturated rings. The Labute approximate surface area is 97.2 Å². The number of aldehydes is 1. The molecule has 0 radical (unpaired) electrons. The summed E-state index contributed by atoms with van der Waals surface area (Å²) in [4.78, 5) is 10.7. The third kappa shape index (κ3) is 3.38. The van der Waals surface area contributed by atoms with E-state index in [9.17, 15) is 4.79 Å². The molecule has 0 heterocycles. The van der Waals surface area contributed by atoms with Crippen molar-refractivity contribution in [3.8, 4) is 0 Å². The van der Waals surface area contributed by atoms with Crippen molar-refractivity contribution in [2.24, 2.45) is 0 Å². The summed E-state index contributed by atoms with van der Waals surface area (Å²) >= 11 is 11.4. The van der Waals surface area contributed by atoms with Crippen molar-refractivity contribution in [2.45, 2.75) is 0 Å². The number of hydrogen-bond donors (Lipinski definition) is 2. The summed E-state index contributed by atoms with van der Waals surface area (Å²) in [6.07, 6.45) is 3.11. The molecule has 5 heteroatoms. The van der Waals surface area contributed by atoms with Crippen molar-refractivity contribution in [2.75, 3.05) is 5.32 Å². The molecule has 0 aliphatic carbocycles. The van der Waals surface area contributed by atoms with Crippen LogP contribution in [0.5, 0.6) is 0 Å². The van der Waals surface area contributed by atoms with Gasteiger partial charge in [-0.3, -0.25) is 4.79 Å². The lowest BCUT2D eigenvalue weighted by atomic mass is 10.2. The van der Waals surface area contributed by atoms with Gasteiger partial charge in [-0.15, -0.1) is 0 Å². The molecule has 0 saturated carbocycles. The highest BCUT2D eigenvalue weighted by molar-refractivity contribution is 6.39. The van der Waals surface area contributed by atoms with Crippen LogP contribution in [-0.2, 0) is 0 Å². The van der Waals surface area contributed by atoms with E-state index in [1.165, 1.54) is 6.20 Å². The van der Waals surface area contributed by atoms with Gasteiger partial charge in [0.2, 0.25) is 0 Å². The second kappa shape index (κ2) is 5.53. The van der Waals surface area contributed by atoms with E-state index in [-0.39, 0.29) is 5.03 Å². The summed E-state index contributed by atoms with van der Waals surface area (Å²) in [5.74, 6) is 0. The van der Waals surface area contributed by atoms with E-state index in [4.69, 9.17) is 28.6 Å². The Hall–Kier alpha value is -1.32. The first kappa shape index (κ1) is 11.8. The molecule has 2 N–H and O–H groups in total. The molecule has 1 rings (SSSR count). The standard InChI is InChI=1S/C10H8Cl2N2O/c11-8-2-1-7(6-15)10(3-8)14-5-9(12)4-13/h1-6,13-14H/b9-5+,13-4?. The summed E-state index contributed by atoms with van der Waals surface area (Å²) in [6.45, 7) is 0. The van der Waals surface area contributed by atoms with Gasteiger partial charge in [-0.1, -0.05) is 23.2 Å². The van der Waals surface area contributed by atoms with Crippen LogP contribution in [0.15, 0.2) is 29.4 Å². The Morgan fingerprint density at radius 3 is 2.80 bits per heavy atom. The van der Waals surface area contributed by atoms with Crippen molar-refractivity contribution < 1.29 is 4.79 Å². The summed E-state index contributed by atoms with van der Waals surface area (Å²) in [5, 5.41) is 10.4. The second-order valence-corrected chi connectivity index (χ2v) is 3.54. The zero-order valence-corrected chi connectivity index (χ0v) is 9.14. The summed E-state index contributed by atoms with van der Waals surface area (Å²) < 4.78 is 0. The van der Waals surface area contributed by atoms with Gasteiger partial charge in [-0.2, -0.15) is 0 Å². The third-order valence-electron chi connectivity index (χ3n) is 1.65. The van der Waals surface area contributed by atoms with Crippen molar-refractivity contribution in [1.29, 1.82) is 5.41 Å². The molecule has 0 bridgehead atoms. The van der Waals surface area contributed by atoms with E-state index in [1.54, 1.807) is 18.2 Å². The van der Waals surface area contributed by atoms with Crippen LogP contribution in [0.3, 0.4) is 0 Å². The Morgan fingerprint density at radius 1 is 1.47 bits per heavy atom. The quantitative estimate of drug-likeness (QED) is 0.629. The molecule has 0 aliphatic rings. The number of rotatable bonds is 4. The van der Waals surface area contributed by atoms with Gasteiger partial charge in [-0.25, -0.2) is 0 Å². The molecule has 0 unspecified atom stereocenters. The van der Waals surface area contributed by atoms with Gasteiger partial charge in [0.05, 0.1) is 10.7 Å². The molecule has 0 saturated heterocycles. The largest absolute Gasteiger partial charge is 0.360 e. The molecular formula is C10H8Cl2N2O. The highest BCUT2D eigenvalue weighted by Crippen LogP contribution is 2.20. The lowest BCUT2D eigenvalue weighted by molar-refractivity contribution is 0.112. The number of benzene rings is 1. The maximum absolute atomic E-state index is 10.7. The Kier molecular flexibility index (Phi) is 4.34. The fraction of sp³-hybridized carbons (Fsp3) is 0. The van der Waals surface area contributed by atoms with Gasteiger partial charge in [0.25, 0.3) is 0 Å². The molecule has 0 aromatic heterocycles. The maximum Gasteiger partial charge on any atom is 0.152 e. The van der Waals surface area contributed by atoms with Crippen LogP contribution in [0.2, 0.25) is 5.02 Å². The molecule has 0 amide bonds. The van der Waals surface area contributed by atoms with Crippen LogP contribution in [0.4, 0.5) is 5.69 Å². The van der Waals surface area contributed by atoms with Crippen molar-refractivity contribution in [3.05, 3.63) is 40.0 Å². The van der Waals surface area contributed by atoms with Crippen molar-refractivity contribution >= 4 is 41.4 Å². The average Bonchev–Trinajstić information content (AvgIpc) is 2.26. The summed E-state index contributed by atoms with van der Waals surface area (Å²) in [5.41, 5.74) is 1.03. The molecule has 0 spiro atoms. The zero-order valence-electron chi connectivity index (χ0n) is 7.63. The van der Waals surface area contributed by atoms with Gasteiger partial charge in [-0.05, 0) is 18.2 Å². The monoisotopic (exact) mass is 242 g/mol. The number of allylic oxidation sites excluding steroid dienone is 1. The van der Waals surface area contributed by atoms with E-state index < -0.39 is 0 Å². The highest BCUT2D eigenvalue weighted by Gasteiger charge is 2.00. The topological polar surface area (TPSA) is 53.0 Å². The van der Waals surface area contributed by atoms with Crippen LogP contribution in [-0.4, -0.2) is 12.5 Å². The SMILES string of the molecule is N=C/C(Cl)=C\Nc1cc(Cl)ccc1C=O. The average molecular weight is 243 g/mol. The Balaban J connectivity index is 2.97. The predicted molar refractivity (Wildman–Crippen MR) is 63.2 cm³/mol. The minimum atomic E-state index is 0.229. The number of hydrogen-bond acceptors (Lipinski definition) is 3. The summed E-state index contributed by atoms with van der Waals surface area (Å²) in [7, 11) is 0. The molecule has 0 aliphatic heterocycles. The first-order valence-corrected chi connectivity index (χ1v) is 4.80. The lowest BCUT2D eigenvalue weighted by Crippen LogP contribution is -1.94. The number of carbonyl (C=O) groups excluding carboxylic acids is 1. The van der Waals surface area contributed by atoms with Gasteiger partial charge in [0.1, 0.15) is 0 Å². The van der Waals surface area contributed by atoms with Crippen LogP contribution in [0, 0.1) is 5.41 Å². The first-order chi connectivity index (χ1) is 7.17. The summed E-state index contributed by atoms with van der Waals surface area (Å²) in [6, 6.07) is 4.83. The third-order valence-corrected chi connectivity index (χ3v) is 2.10. The number of nitrogens with one attached hydrogen (secondary N) is 2. The fourth-order valence-electron chi connectivity index (χ4n) is 0.945. The molecule has 1 aromatic rings. The van der Waals surface area contributed by atoms with E-state index >= 15 is 0 Å². The first-order valence-electron chi connectivity index (χ1n) is 4.05. The van der Waals surface area contributed by atoms with Crippen LogP contribution >= 0.6 is 23.2 Å². The molecule has 15 heavy (non-hydrogen) atoms. The van der Waals surface area contributed by atoms with Crippen LogP contribution < -0.4 is 5.32 Å². The maximum atomic E-state index is 10.7. The van der Waals surface area contributed by atoms with Gasteiger partial charge < -0.3 is 10.7 Å². The number of carbonyl (C=O) groups is 1. The molecule has 1 aromatic carbocycles. The molecule has 3 nitrogen and oxygen atoms in total. The number of anilines is 1. The Morgan fingerprint density at radius 2 is 2.20 bits per heavy atom. The van der Waals surface area contributed by atoms with Crippen LogP contribution in [0.25, 0.3) is 0 Å². The van der Waals surface area contributed by atoms with E-state index in [0.717, 1.165) is 6.21 Å². The second-order valence-electron chi connectivity index (χ2n) is 2.67. The molecular weight excluding hydrogens is 235 g/mol. The smallest absolute Gasteiger partial charge is 0.152 e.